The first-order chi connectivity index (χ1) is 12.7. The van der Waals surface area contributed by atoms with Crippen LogP contribution in [0.5, 0.6) is 0 Å². The minimum absolute atomic E-state index is 0.0575. The van der Waals surface area contributed by atoms with Gasteiger partial charge >= 0.3 is 6.18 Å². The standard InChI is InChI=1S/C18H14F3N3O2S/c19-18(20,21)16-8-13(5-6-23-16)15-7-14(9-24-17(15)22)12-3-1-11(2-4-12)10-27(25)26/h1-9,27H,10H2,(H2,22,24). The van der Waals surface area contributed by atoms with E-state index in [0.29, 0.717) is 16.7 Å². The summed E-state index contributed by atoms with van der Waals surface area (Å²) in [6, 6.07) is 10.8. The largest absolute Gasteiger partial charge is 0.433 e. The Morgan fingerprint density at radius 2 is 1.63 bits per heavy atom. The molecule has 9 heteroatoms. The highest BCUT2D eigenvalue weighted by Crippen LogP contribution is 2.33. The number of anilines is 1. The van der Waals surface area contributed by atoms with Crippen LogP contribution in [0.2, 0.25) is 0 Å². The molecule has 5 nitrogen and oxygen atoms in total. The smallest absolute Gasteiger partial charge is 0.383 e. The molecule has 0 saturated heterocycles. The Hall–Kier alpha value is -2.94. The monoisotopic (exact) mass is 393 g/mol. The van der Waals surface area contributed by atoms with Gasteiger partial charge in [0.2, 0.25) is 0 Å². The molecule has 1 aromatic carbocycles. The van der Waals surface area contributed by atoms with Crippen molar-refractivity contribution < 1.29 is 21.6 Å². The molecule has 0 amide bonds. The van der Waals surface area contributed by atoms with E-state index in [1.54, 1.807) is 30.3 Å². The molecule has 0 saturated carbocycles. The Kier molecular flexibility index (Phi) is 5.13. The fourth-order valence-electron chi connectivity index (χ4n) is 2.57. The van der Waals surface area contributed by atoms with Crippen LogP contribution in [-0.4, -0.2) is 18.4 Å². The molecule has 0 bridgehead atoms. The lowest BCUT2D eigenvalue weighted by atomic mass is 10.0. The van der Waals surface area contributed by atoms with Crippen LogP contribution in [0.15, 0.2) is 54.9 Å². The van der Waals surface area contributed by atoms with Crippen molar-refractivity contribution >= 4 is 16.5 Å². The minimum Gasteiger partial charge on any atom is -0.383 e. The van der Waals surface area contributed by atoms with E-state index in [1.807, 2.05) is 0 Å². The van der Waals surface area contributed by atoms with E-state index in [9.17, 15) is 21.6 Å². The van der Waals surface area contributed by atoms with Gasteiger partial charge in [0.05, 0.1) is 5.75 Å². The fraction of sp³-hybridized carbons (Fsp3) is 0.111. The predicted molar refractivity (Wildman–Crippen MR) is 96.3 cm³/mol. The third-order valence-electron chi connectivity index (χ3n) is 3.88. The third-order valence-corrected chi connectivity index (χ3v) is 4.50. The van der Waals surface area contributed by atoms with Crippen molar-refractivity contribution in [3.8, 4) is 22.3 Å². The third kappa shape index (κ3) is 4.43. The molecule has 0 atom stereocenters. The topological polar surface area (TPSA) is 85.9 Å². The number of nitrogens with two attached hydrogens (primary N) is 1. The normalized spacial score (nSPS) is 11.7. The van der Waals surface area contributed by atoms with Crippen LogP contribution in [0.25, 0.3) is 22.3 Å². The van der Waals surface area contributed by atoms with E-state index in [2.05, 4.69) is 9.97 Å². The van der Waals surface area contributed by atoms with Gasteiger partial charge < -0.3 is 5.73 Å². The van der Waals surface area contributed by atoms with Crippen molar-refractivity contribution in [1.82, 2.24) is 9.97 Å². The molecule has 140 valence electrons. The molecule has 0 spiro atoms. The van der Waals surface area contributed by atoms with Crippen LogP contribution < -0.4 is 5.73 Å². The molecular formula is C18H14F3N3O2S. The number of benzene rings is 1. The van der Waals surface area contributed by atoms with Crippen molar-refractivity contribution in [1.29, 1.82) is 0 Å². The molecule has 0 fully saturated rings. The molecule has 0 radical (unpaired) electrons. The maximum absolute atomic E-state index is 12.9. The summed E-state index contributed by atoms with van der Waals surface area (Å²) in [5.41, 5.74) is 7.47. The molecular weight excluding hydrogens is 379 g/mol. The van der Waals surface area contributed by atoms with Gasteiger partial charge in [0, 0.05) is 23.5 Å². The summed E-state index contributed by atoms with van der Waals surface area (Å²) < 4.78 is 60.3. The van der Waals surface area contributed by atoms with Crippen LogP contribution in [0.1, 0.15) is 11.3 Å². The molecule has 3 rings (SSSR count). The molecule has 3 aromatic rings. The number of hydrogen-bond acceptors (Lipinski definition) is 5. The van der Waals surface area contributed by atoms with Crippen molar-refractivity contribution in [2.75, 3.05) is 5.73 Å². The van der Waals surface area contributed by atoms with E-state index >= 15 is 0 Å². The quantitative estimate of drug-likeness (QED) is 0.663. The van der Waals surface area contributed by atoms with Gasteiger partial charge in [-0.2, -0.15) is 13.2 Å². The fourth-order valence-corrected chi connectivity index (χ4v) is 3.08. The molecule has 0 aliphatic carbocycles. The summed E-state index contributed by atoms with van der Waals surface area (Å²) in [5, 5.41) is 0. The Morgan fingerprint density at radius 3 is 2.26 bits per heavy atom. The minimum atomic E-state index is -4.56. The highest BCUT2D eigenvalue weighted by atomic mass is 32.2. The van der Waals surface area contributed by atoms with E-state index in [1.165, 1.54) is 12.3 Å². The van der Waals surface area contributed by atoms with Gasteiger partial charge in [0.25, 0.3) is 0 Å². The lowest BCUT2D eigenvalue weighted by Gasteiger charge is -2.11. The molecule has 0 unspecified atom stereocenters. The Balaban J connectivity index is 2.00. The van der Waals surface area contributed by atoms with Crippen molar-refractivity contribution in [2.24, 2.45) is 0 Å². The predicted octanol–water partition coefficient (Wildman–Crippen LogP) is 3.52. The van der Waals surface area contributed by atoms with Gasteiger partial charge in [0.15, 0.2) is 0 Å². The van der Waals surface area contributed by atoms with Crippen LogP contribution >= 0.6 is 0 Å². The molecule has 27 heavy (non-hydrogen) atoms. The maximum Gasteiger partial charge on any atom is 0.433 e. The summed E-state index contributed by atoms with van der Waals surface area (Å²) in [6.45, 7) is 0. The van der Waals surface area contributed by atoms with Gasteiger partial charge in [-0.05, 0) is 34.9 Å². The second-order valence-corrected chi connectivity index (χ2v) is 6.75. The van der Waals surface area contributed by atoms with Gasteiger partial charge in [-0.3, -0.25) is 4.98 Å². The van der Waals surface area contributed by atoms with Gasteiger partial charge in [-0.25, -0.2) is 13.4 Å². The molecule has 2 aromatic heterocycles. The first-order valence-electron chi connectivity index (χ1n) is 7.74. The zero-order chi connectivity index (χ0) is 19.6. The number of nitrogens with zero attached hydrogens (tertiary/aromatic N) is 2. The van der Waals surface area contributed by atoms with E-state index < -0.39 is 22.6 Å². The molecule has 2 N–H and O–H groups in total. The first-order valence-corrected chi connectivity index (χ1v) is 9.10. The van der Waals surface area contributed by atoms with E-state index in [0.717, 1.165) is 17.8 Å². The summed E-state index contributed by atoms with van der Waals surface area (Å²) in [4.78, 5) is 7.42. The van der Waals surface area contributed by atoms with Crippen LogP contribution in [0.3, 0.4) is 0 Å². The van der Waals surface area contributed by atoms with Gasteiger partial charge in [0.1, 0.15) is 22.2 Å². The first kappa shape index (κ1) is 18.8. The SMILES string of the molecule is Nc1ncc(-c2ccc(C[SH](=O)=O)cc2)cc1-c1ccnc(C(F)(F)F)c1. The second kappa shape index (κ2) is 7.36. The average molecular weight is 393 g/mol. The number of nitrogen functional groups attached to an aromatic ring is 1. The average Bonchev–Trinajstić information content (AvgIpc) is 2.62. The second-order valence-electron chi connectivity index (χ2n) is 5.77. The van der Waals surface area contributed by atoms with E-state index in [4.69, 9.17) is 5.73 Å². The summed E-state index contributed by atoms with van der Waals surface area (Å²) in [7, 11) is -2.52. The van der Waals surface area contributed by atoms with Crippen molar-refractivity contribution in [3.63, 3.8) is 0 Å². The highest BCUT2D eigenvalue weighted by Gasteiger charge is 2.32. The van der Waals surface area contributed by atoms with Crippen molar-refractivity contribution in [3.05, 3.63) is 66.1 Å². The van der Waals surface area contributed by atoms with Gasteiger partial charge in [-0.1, -0.05) is 24.3 Å². The number of alkyl halides is 3. The van der Waals surface area contributed by atoms with Crippen molar-refractivity contribution in [2.45, 2.75) is 11.9 Å². The zero-order valence-electron chi connectivity index (χ0n) is 13.8. The number of aromatic nitrogens is 2. The molecule has 0 aliphatic rings. The summed E-state index contributed by atoms with van der Waals surface area (Å²) in [5.74, 6) is 0.0380. The Morgan fingerprint density at radius 1 is 0.926 bits per heavy atom. The summed E-state index contributed by atoms with van der Waals surface area (Å²) in [6.07, 6.45) is -1.98. The lowest BCUT2D eigenvalue weighted by molar-refractivity contribution is -0.141. The highest BCUT2D eigenvalue weighted by molar-refractivity contribution is 7.71. The molecule has 0 aliphatic heterocycles. The number of pyridine rings is 2. The zero-order valence-corrected chi connectivity index (χ0v) is 14.7. The number of halogens is 3. The Bertz CT molecular complexity index is 1040. The number of thiol groups is 1. The number of hydrogen-bond donors (Lipinski definition) is 2. The van der Waals surface area contributed by atoms with Crippen LogP contribution in [0.4, 0.5) is 19.0 Å². The van der Waals surface area contributed by atoms with Crippen LogP contribution in [0, 0.1) is 0 Å². The van der Waals surface area contributed by atoms with Crippen LogP contribution in [-0.2, 0) is 22.6 Å². The molecule has 2 heterocycles. The van der Waals surface area contributed by atoms with E-state index in [-0.39, 0.29) is 17.1 Å². The maximum atomic E-state index is 12.9. The Labute approximate surface area is 154 Å². The summed E-state index contributed by atoms with van der Waals surface area (Å²) >= 11 is 0. The number of rotatable bonds is 4. The van der Waals surface area contributed by atoms with Gasteiger partial charge in [-0.15, -0.1) is 0 Å². The lowest BCUT2D eigenvalue weighted by Crippen LogP contribution is -2.07.